The van der Waals surface area contributed by atoms with Crippen molar-refractivity contribution in [1.82, 2.24) is 0 Å². The number of carbonyl (C=O) groups excluding carboxylic acids is 4. The van der Waals surface area contributed by atoms with Crippen LogP contribution in [0.2, 0.25) is 0 Å². The van der Waals surface area contributed by atoms with E-state index in [1.807, 2.05) is 36.4 Å². The normalized spacial score (nSPS) is 20.1. The van der Waals surface area contributed by atoms with Crippen LogP contribution in [0.25, 0.3) is 42.5 Å². The van der Waals surface area contributed by atoms with Gasteiger partial charge in [-0.25, -0.2) is 0 Å². The van der Waals surface area contributed by atoms with Crippen LogP contribution in [-0.2, 0) is 15.0 Å². The van der Waals surface area contributed by atoms with Gasteiger partial charge in [-0.1, -0.05) is 67.8 Å². The monoisotopic (exact) mass is 614 g/mol. The highest BCUT2D eigenvalue weighted by molar-refractivity contribution is 7.32. The van der Waals surface area contributed by atoms with Crippen molar-refractivity contribution in [1.29, 1.82) is 0 Å². The van der Waals surface area contributed by atoms with Gasteiger partial charge < -0.3 is 0 Å². The third-order valence-corrected chi connectivity index (χ3v) is 13.1. The zero-order valence-corrected chi connectivity index (χ0v) is 25.3. The van der Waals surface area contributed by atoms with E-state index in [1.165, 1.54) is 49.5 Å². The molecule has 0 aliphatic heterocycles. The van der Waals surface area contributed by atoms with E-state index in [1.54, 1.807) is 58.3 Å². The number of Topliss-reactive ketones (excluding diaryl/α,β-unsaturated/α-hetero) is 4. The largest absolute Gasteiger partial charge is 0.285 e. The smallest absolute Gasteiger partial charge is 0.234 e. The summed E-state index contributed by atoms with van der Waals surface area (Å²) in [5, 5.41) is 0. The molecule has 7 heteroatoms. The second-order valence-corrected chi connectivity index (χ2v) is 14.9. The summed E-state index contributed by atoms with van der Waals surface area (Å²) >= 11 is 5.25. The maximum atomic E-state index is 12.9. The van der Waals surface area contributed by atoms with Crippen molar-refractivity contribution in [2.45, 2.75) is 37.5 Å². The Bertz CT molecular complexity index is 2190. The number of thiophene rings is 3. The number of ketones is 4. The molecule has 5 aromatic rings. The average Bonchev–Trinajstić information content (AvgIpc) is 3.84. The number of hydrogen-bond donors (Lipinski definition) is 0. The van der Waals surface area contributed by atoms with Crippen molar-refractivity contribution >= 4 is 89.8 Å². The minimum atomic E-state index is -0.430. The summed E-state index contributed by atoms with van der Waals surface area (Å²) < 4.78 is 2.49. The number of rotatable bonds is 2. The SMILES string of the molecule is O=C1C(=O)c2ccccc2/C1=C/c1cc2c(s1)-c1sc3cc(/C=C4\C(=O)C(=O)c5ccccc54)sc3c1C21CCCCC1. The molecule has 1 saturated carbocycles. The highest BCUT2D eigenvalue weighted by atomic mass is 32.1. The first-order valence-corrected chi connectivity index (χ1v) is 16.9. The molecule has 4 aliphatic carbocycles. The number of benzene rings is 2. The van der Waals surface area contributed by atoms with Crippen LogP contribution in [0.15, 0.2) is 60.7 Å². The van der Waals surface area contributed by atoms with Crippen molar-refractivity contribution in [2.75, 3.05) is 0 Å². The topological polar surface area (TPSA) is 68.3 Å². The lowest BCUT2D eigenvalue weighted by Gasteiger charge is -2.35. The molecule has 208 valence electrons. The van der Waals surface area contributed by atoms with E-state index >= 15 is 0 Å². The Hall–Kier alpha value is -4.04. The van der Waals surface area contributed by atoms with Gasteiger partial charge in [0.2, 0.25) is 23.1 Å². The molecule has 2 aromatic carbocycles. The molecule has 0 N–H and O–H groups in total. The third-order valence-electron chi connectivity index (χ3n) is 9.44. The van der Waals surface area contributed by atoms with Gasteiger partial charge in [-0.05, 0) is 53.8 Å². The Morgan fingerprint density at radius 1 is 0.581 bits per heavy atom. The van der Waals surface area contributed by atoms with Crippen LogP contribution in [0.4, 0.5) is 0 Å². The van der Waals surface area contributed by atoms with Crippen molar-refractivity contribution in [3.8, 4) is 9.75 Å². The molecule has 3 heterocycles. The lowest BCUT2D eigenvalue weighted by Crippen LogP contribution is -2.27. The van der Waals surface area contributed by atoms with Crippen LogP contribution in [-0.4, -0.2) is 23.1 Å². The molecule has 4 aliphatic rings. The van der Waals surface area contributed by atoms with Gasteiger partial charge in [-0.2, -0.15) is 0 Å². The minimum Gasteiger partial charge on any atom is -0.285 e. The molecule has 0 amide bonds. The summed E-state index contributed by atoms with van der Waals surface area (Å²) in [5.74, 6) is -1.70. The van der Waals surface area contributed by atoms with Crippen molar-refractivity contribution in [3.05, 3.63) is 104 Å². The van der Waals surface area contributed by atoms with Gasteiger partial charge in [-0.3, -0.25) is 19.2 Å². The molecule has 0 radical (unpaired) electrons. The molecule has 3 aromatic heterocycles. The fourth-order valence-electron chi connectivity index (χ4n) is 7.52. The van der Waals surface area contributed by atoms with E-state index in [4.69, 9.17) is 0 Å². The highest BCUT2D eigenvalue weighted by Gasteiger charge is 2.48. The van der Waals surface area contributed by atoms with Crippen LogP contribution in [0.3, 0.4) is 0 Å². The summed E-state index contributed by atoms with van der Waals surface area (Å²) in [7, 11) is 0. The number of hydrogen-bond acceptors (Lipinski definition) is 7. The predicted octanol–water partition coefficient (Wildman–Crippen LogP) is 8.87. The third kappa shape index (κ3) is 3.41. The summed E-state index contributed by atoms with van der Waals surface area (Å²) in [6, 6.07) is 19.0. The molecule has 0 saturated heterocycles. The number of fused-ring (bicyclic) bond motifs is 9. The predicted molar refractivity (Wildman–Crippen MR) is 174 cm³/mol. The van der Waals surface area contributed by atoms with E-state index in [9.17, 15) is 19.2 Å². The molecule has 1 spiro atoms. The standard InChI is InChI=1S/C36H22O4S3/c37-29-22-10-4-2-8-20(22)24(31(29)39)14-18-16-26-33(41-18)35-28(36(26)12-6-1-7-13-36)34-27(43-35)17-19(42-34)15-25-21-9-3-5-11-23(21)30(38)32(25)40/h2-5,8-11,14-17H,1,6-7,12-13H2/b24-14-,25-15-. The summed E-state index contributed by atoms with van der Waals surface area (Å²) in [4.78, 5) is 55.6. The fraction of sp³-hybridized carbons (Fsp3) is 0.167. The van der Waals surface area contributed by atoms with Gasteiger partial charge in [0, 0.05) is 52.6 Å². The summed E-state index contributed by atoms with van der Waals surface area (Å²) in [6.07, 6.45) is 9.54. The zero-order valence-electron chi connectivity index (χ0n) is 22.8. The van der Waals surface area contributed by atoms with Gasteiger partial charge in [-0.15, -0.1) is 34.0 Å². The van der Waals surface area contributed by atoms with Crippen LogP contribution in [0.5, 0.6) is 0 Å². The van der Waals surface area contributed by atoms with Gasteiger partial charge in [0.1, 0.15) is 0 Å². The van der Waals surface area contributed by atoms with Crippen LogP contribution in [0, 0.1) is 0 Å². The molecule has 0 bridgehead atoms. The molecule has 43 heavy (non-hydrogen) atoms. The Morgan fingerprint density at radius 3 is 1.74 bits per heavy atom. The minimum absolute atomic E-state index is 0.0666. The molecule has 1 fully saturated rings. The maximum Gasteiger partial charge on any atom is 0.234 e. The van der Waals surface area contributed by atoms with Gasteiger partial charge in [0.05, 0.1) is 9.58 Å². The molecule has 9 rings (SSSR count). The second-order valence-electron chi connectivity index (χ2n) is 11.7. The first-order valence-electron chi connectivity index (χ1n) is 14.5. The maximum absolute atomic E-state index is 12.9. The van der Waals surface area contributed by atoms with Crippen LogP contribution < -0.4 is 0 Å². The van der Waals surface area contributed by atoms with Gasteiger partial charge in [0.15, 0.2) is 0 Å². The van der Waals surface area contributed by atoms with Crippen molar-refractivity contribution < 1.29 is 19.2 Å². The Kier molecular flexibility index (Phi) is 5.32. The summed E-state index contributed by atoms with van der Waals surface area (Å²) in [5.41, 5.74) is 6.11. The van der Waals surface area contributed by atoms with Gasteiger partial charge in [0.25, 0.3) is 0 Å². The first-order chi connectivity index (χ1) is 20.9. The lowest BCUT2D eigenvalue weighted by atomic mass is 9.68. The Labute approximate surface area is 259 Å². The number of allylic oxidation sites excluding steroid dienone is 2. The zero-order chi connectivity index (χ0) is 29.0. The Morgan fingerprint density at radius 2 is 1.14 bits per heavy atom. The van der Waals surface area contributed by atoms with E-state index < -0.39 is 23.1 Å². The fourth-order valence-corrected chi connectivity index (χ4v) is 11.7. The molecular formula is C36H22O4S3. The van der Waals surface area contributed by atoms with E-state index in [-0.39, 0.29) is 5.41 Å². The van der Waals surface area contributed by atoms with E-state index in [0.29, 0.717) is 22.3 Å². The van der Waals surface area contributed by atoms with Crippen LogP contribution >= 0.6 is 34.0 Å². The molecule has 0 unspecified atom stereocenters. The van der Waals surface area contributed by atoms with E-state index in [2.05, 4.69) is 12.1 Å². The second kappa shape index (κ2) is 8.99. The molecular weight excluding hydrogens is 593 g/mol. The van der Waals surface area contributed by atoms with Crippen molar-refractivity contribution in [2.24, 2.45) is 0 Å². The highest BCUT2D eigenvalue weighted by Crippen LogP contribution is 2.64. The Balaban J connectivity index is 1.17. The molecule has 4 nitrogen and oxygen atoms in total. The first kappa shape index (κ1) is 25.5. The van der Waals surface area contributed by atoms with E-state index in [0.717, 1.165) is 33.7 Å². The van der Waals surface area contributed by atoms with Crippen LogP contribution in [0.1, 0.15) is 84.8 Å². The quantitative estimate of drug-likeness (QED) is 0.147. The molecule has 0 atom stereocenters. The summed E-state index contributed by atoms with van der Waals surface area (Å²) in [6.45, 7) is 0. The van der Waals surface area contributed by atoms with Gasteiger partial charge >= 0.3 is 0 Å². The lowest BCUT2D eigenvalue weighted by molar-refractivity contribution is -0.110. The van der Waals surface area contributed by atoms with Crippen molar-refractivity contribution in [3.63, 3.8) is 0 Å². The average molecular weight is 615 g/mol. The number of carbonyl (C=O) groups is 4.